The fourth-order valence-corrected chi connectivity index (χ4v) is 2.61. The van der Waals surface area contributed by atoms with E-state index in [1.165, 1.54) is 32.1 Å². The van der Waals surface area contributed by atoms with E-state index in [-0.39, 0.29) is 6.10 Å². The Labute approximate surface area is 124 Å². The van der Waals surface area contributed by atoms with Gasteiger partial charge in [0.05, 0.1) is 12.7 Å². The molecule has 0 spiro atoms. The molecule has 3 unspecified atom stereocenters. The molecule has 1 aliphatic carbocycles. The van der Waals surface area contributed by atoms with Gasteiger partial charge in [-0.15, -0.1) is 0 Å². The third kappa shape index (κ3) is 8.03. The van der Waals surface area contributed by atoms with E-state index >= 15 is 0 Å². The molecule has 0 aromatic rings. The van der Waals surface area contributed by atoms with Crippen LogP contribution in [0.25, 0.3) is 0 Å². The lowest BCUT2D eigenvalue weighted by molar-refractivity contribution is 0.0182. The summed E-state index contributed by atoms with van der Waals surface area (Å²) in [6.45, 7) is 6.34. The first-order valence-corrected chi connectivity index (χ1v) is 8.40. The Balaban J connectivity index is 2.03. The Morgan fingerprint density at radius 1 is 1.30 bits per heavy atom. The number of hydrogen-bond donors (Lipinski definition) is 2. The van der Waals surface area contributed by atoms with Crippen molar-refractivity contribution in [3.05, 3.63) is 12.2 Å². The predicted molar refractivity (Wildman–Crippen MR) is 84.9 cm³/mol. The summed E-state index contributed by atoms with van der Waals surface area (Å²) >= 11 is 0. The number of hydrogen-bond acceptors (Lipinski definition) is 3. The fraction of sp³-hybridized carbons (Fsp3) is 0.882. The summed E-state index contributed by atoms with van der Waals surface area (Å²) < 4.78 is 5.68. The van der Waals surface area contributed by atoms with Gasteiger partial charge >= 0.3 is 0 Å². The van der Waals surface area contributed by atoms with E-state index < -0.39 is 0 Å². The Hall–Kier alpha value is -0.380. The Morgan fingerprint density at radius 2 is 2.15 bits per heavy atom. The molecule has 0 heterocycles. The van der Waals surface area contributed by atoms with Gasteiger partial charge in [0.15, 0.2) is 0 Å². The van der Waals surface area contributed by atoms with E-state index in [0.717, 1.165) is 19.4 Å². The molecular formula is C17H33NO2. The molecule has 3 nitrogen and oxygen atoms in total. The second-order valence-electron chi connectivity index (χ2n) is 6.00. The first-order valence-electron chi connectivity index (χ1n) is 8.40. The zero-order valence-electron chi connectivity index (χ0n) is 13.3. The molecule has 3 heteroatoms. The van der Waals surface area contributed by atoms with Crippen molar-refractivity contribution >= 4 is 0 Å². The average molecular weight is 283 g/mol. The zero-order chi connectivity index (χ0) is 14.6. The van der Waals surface area contributed by atoms with Crippen molar-refractivity contribution in [1.29, 1.82) is 0 Å². The standard InChI is InChI=1S/C17H33NO2/c1-3-5-9-15(4-2)13-20-14-17(19)12-18-16-10-7-6-8-11-16/h6-7,15-19H,3-5,8-14H2,1-2H3. The number of rotatable bonds is 11. The molecule has 0 saturated heterocycles. The van der Waals surface area contributed by atoms with Gasteiger partial charge in [-0.1, -0.05) is 45.3 Å². The molecular weight excluding hydrogens is 250 g/mol. The van der Waals surface area contributed by atoms with Gasteiger partial charge in [0.2, 0.25) is 0 Å². The molecule has 1 aliphatic rings. The van der Waals surface area contributed by atoms with Crippen molar-refractivity contribution in [2.75, 3.05) is 19.8 Å². The third-order valence-corrected chi connectivity index (χ3v) is 4.12. The normalized spacial score (nSPS) is 21.9. The minimum atomic E-state index is -0.385. The Bertz CT molecular complexity index is 255. The SMILES string of the molecule is CCCCC(CC)COCC(O)CNC1CC=CCC1. The maximum atomic E-state index is 9.94. The summed E-state index contributed by atoms with van der Waals surface area (Å²) in [7, 11) is 0. The molecule has 0 aromatic heterocycles. The summed E-state index contributed by atoms with van der Waals surface area (Å²) in [4.78, 5) is 0. The van der Waals surface area contributed by atoms with Crippen molar-refractivity contribution in [3.8, 4) is 0 Å². The molecule has 0 radical (unpaired) electrons. The van der Waals surface area contributed by atoms with Crippen molar-refractivity contribution in [2.45, 2.75) is 70.9 Å². The van der Waals surface area contributed by atoms with E-state index in [0.29, 0.717) is 25.1 Å². The lowest BCUT2D eigenvalue weighted by Crippen LogP contribution is -2.38. The number of unbranched alkanes of at least 4 members (excludes halogenated alkanes) is 1. The van der Waals surface area contributed by atoms with E-state index in [1.807, 2.05) is 0 Å². The molecule has 118 valence electrons. The monoisotopic (exact) mass is 283 g/mol. The highest BCUT2D eigenvalue weighted by Gasteiger charge is 2.12. The number of aliphatic hydroxyl groups excluding tert-OH is 1. The van der Waals surface area contributed by atoms with E-state index in [9.17, 15) is 5.11 Å². The Morgan fingerprint density at radius 3 is 2.80 bits per heavy atom. The molecule has 0 amide bonds. The molecule has 0 bridgehead atoms. The van der Waals surface area contributed by atoms with Gasteiger partial charge in [-0.25, -0.2) is 0 Å². The molecule has 0 fully saturated rings. The summed E-state index contributed by atoms with van der Waals surface area (Å²) in [6, 6.07) is 0.530. The van der Waals surface area contributed by atoms with Crippen LogP contribution < -0.4 is 5.32 Å². The number of ether oxygens (including phenoxy) is 1. The third-order valence-electron chi connectivity index (χ3n) is 4.12. The van der Waals surface area contributed by atoms with Crippen LogP contribution in [0, 0.1) is 5.92 Å². The van der Waals surface area contributed by atoms with Crippen LogP contribution in [0.3, 0.4) is 0 Å². The number of allylic oxidation sites excluding steroid dienone is 1. The van der Waals surface area contributed by atoms with Crippen LogP contribution in [-0.2, 0) is 4.74 Å². The molecule has 0 saturated carbocycles. The van der Waals surface area contributed by atoms with Crippen LogP contribution >= 0.6 is 0 Å². The van der Waals surface area contributed by atoms with Crippen molar-refractivity contribution < 1.29 is 9.84 Å². The highest BCUT2D eigenvalue weighted by atomic mass is 16.5. The average Bonchev–Trinajstić information content (AvgIpc) is 2.49. The van der Waals surface area contributed by atoms with E-state index in [1.54, 1.807) is 0 Å². The lowest BCUT2D eigenvalue weighted by atomic mass is 10.0. The van der Waals surface area contributed by atoms with Gasteiger partial charge < -0.3 is 15.2 Å². The maximum Gasteiger partial charge on any atom is 0.0897 e. The first kappa shape index (κ1) is 17.7. The molecule has 0 aromatic carbocycles. The van der Waals surface area contributed by atoms with Gasteiger partial charge in [0, 0.05) is 19.2 Å². The molecule has 20 heavy (non-hydrogen) atoms. The van der Waals surface area contributed by atoms with Crippen LogP contribution in [0.4, 0.5) is 0 Å². The molecule has 0 aliphatic heterocycles. The topological polar surface area (TPSA) is 41.5 Å². The zero-order valence-corrected chi connectivity index (χ0v) is 13.3. The van der Waals surface area contributed by atoms with Crippen molar-refractivity contribution in [2.24, 2.45) is 5.92 Å². The van der Waals surface area contributed by atoms with E-state index in [2.05, 4.69) is 31.3 Å². The van der Waals surface area contributed by atoms with Crippen molar-refractivity contribution in [1.82, 2.24) is 5.32 Å². The number of aliphatic hydroxyl groups is 1. The first-order chi connectivity index (χ1) is 9.76. The van der Waals surface area contributed by atoms with Gasteiger partial charge in [-0.05, 0) is 31.6 Å². The molecule has 1 rings (SSSR count). The predicted octanol–water partition coefficient (Wildman–Crippen LogP) is 3.28. The maximum absolute atomic E-state index is 9.94. The molecule has 3 atom stereocenters. The van der Waals surface area contributed by atoms with Crippen LogP contribution in [0.5, 0.6) is 0 Å². The minimum absolute atomic E-state index is 0.385. The largest absolute Gasteiger partial charge is 0.389 e. The van der Waals surface area contributed by atoms with Crippen LogP contribution in [0.1, 0.15) is 58.8 Å². The summed E-state index contributed by atoms with van der Waals surface area (Å²) in [5.74, 6) is 0.651. The fourth-order valence-electron chi connectivity index (χ4n) is 2.61. The summed E-state index contributed by atoms with van der Waals surface area (Å²) in [6.07, 6.45) is 12.4. The highest BCUT2D eigenvalue weighted by molar-refractivity contribution is 4.93. The van der Waals surface area contributed by atoms with Crippen LogP contribution in [0.15, 0.2) is 12.2 Å². The second kappa shape index (κ2) is 11.3. The van der Waals surface area contributed by atoms with Crippen LogP contribution in [-0.4, -0.2) is 37.0 Å². The summed E-state index contributed by atoms with van der Waals surface area (Å²) in [5, 5.41) is 13.4. The van der Waals surface area contributed by atoms with Gasteiger partial charge in [-0.2, -0.15) is 0 Å². The number of nitrogens with one attached hydrogen (secondary N) is 1. The molecule has 2 N–H and O–H groups in total. The smallest absolute Gasteiger partial charge is 0.0897 e. The highest BCUT2D eigenvalue weighted by Crippen LogP contribution is 2.13. The van der Waals surface area contributed by atoms with Gasteiger partial charge in [0.1, 0.15) is 0 Å². The van der Waals surface area contributed by atoms with Gasteiger partial charge in [-0.3, -0.25) is 0 Å². The van der Waals surface area contributed by atoms with Crippen LogP contribution in [0.2, 0.25) is 0 Å². The minimum Gasteiger partial charge on any atom is -0.389 e. The van der Waals surface area contributed by atoms with Crippen molar-refractivity contribution in [3.63, 3.8) is 0 Å². The Kier molecular flexibility index (Phi) is 9.98. The second-order valence-corrected chi connectivity index (χ2v) is 6.00. The van der Waals surface area contributed by atoms with Gasteiger partial charge in [0.25, 0.3) is 0 Å². The quantitative estimate of drug-likeness (QED) is 0.572. The lowest BCUT2D eigenvalue weighted by Gasteiger charge is -2.22. The summed E-state index contributed by atoms with van der Waals surface area (Å²) in [5.41, 5.74) is 0. The van der Waals surface area contributed by atoms with E-state index in [4.69, 9.17) is 4.74 Å².